The van der Waals surface area contributed by atoms with Crippen LogP contribution in [0, 0.1) is 0 Å². The second kappa shape index (κ2) is 4.45. The van der Waals surface area contributed by atoms with Gasteiger partial charge in [-0.15, -0.1) is 0 Å². The number of aryl methyl sites for hydroxylation is 1. The fraction of sp³-hybridized carbons (Fsp3) is 0.231. The Balaban J connectivity index is 2.04. The lowest BCUT2D eigenvalue weighted by atomic mass is 10.0. The predicted molar refractivity (Wildman–Crippen MR) is 69.0 cm³/mol. The lowest BCUT2D eigenvalue weighted by molar-refractivity contribution is 0.288. The van der Waals surface area contributed by atoms with Gasteiger partial charge in [0.25, 0.3) is 0 Å². The first-order chi connectivity index (χ1) is 8.33. The molecular formula is C13H11BrN2O. The van der Waals surface area contributed by atoms with E-state index in [1.165, 1.54) is 5.56 Å². The maximum Gasteiger partial charge on any atom is 0.197 e. The van der Waals surface area contributed by atoms with Gasteiger partial charge in [0, 0.05) is 11.8 Å². The van der Waals surface area contributed by atoms with Gasteiger partial charge in [0.05, 0.1) is 12.3 Å². The van der Waals surface area contributed by atoms with Crippen LogP contribution in [0.2, 0.25) is 0 Å². The second-order valence-corrected chi connectivity index (χ2v) is 4.69. The summed E-state index contributed by atoms with van der Waals surface area (Å²) in [7, 11) is 0. The molecular weight excluding hydrogens is 280 g/mol. The number of hydrogen-bond acceptors (Lipinski definition) is 3. The molecule has 0 saturated heterocycles. The van der Waals surface area contributed by atoms with Gasteiger partial charge in [0.2, 0.25) is 0 Å². The standard InChI is InChI=1S/C13H11BrN2O/c14-13-15-6-5-11(16-13)9-3-4-12-10(8-9)2-1-7-17-12/h3-6,8H,1-2,7H2. The number of hydrogen-bond donors (Lipinski definition) is 0. The number of aromatic nitrogens is 2. The van der Waals surface area contributed by atoms with Crippen LogP contribution < -0.4 is 4.74 Å². The number of nitrogens with zero attached hydrogens (tertiary/aromatic N) is 2. The van der Waals surface area contributed by atoms with Gasteiger partial charge in [-0.25, -0.2) is 9.97 Å². The molecule has 0 fully saturated rings. The van der Waals surface area contributed by atoms with Crippen molar-refractivity contribution < 1.29 is 4.74 Å². The Labute approximate surface area is 108 Å². The Morgan fingerprint density at radius 3 is 3.06 bits per heavy atom. The molecule has 1 aliphatic heterocycles. The molecule has 0 N–H and O–H groups in total. The number of rotatable bonds is 1. The largest absolute Gasteiger partial charge is 0.493 e. The maximum atomic E-state index is 5.60. The monoisotopic (exact) mass is 290 g/mol. The number of halogens is 1. The van der Waals surface area contributed by atoms with Crippen LogP contribution in [0.5, 0.6) is 5.75 Å². The average Bonchev–Trinajstić information content (AvgIpc) is 2.38. The Morgan fingerprint density at radius 1 is 1.24 bits per heavy atom. The summed E-state index contributed by atoms with van der Waals surface area (Å²) in [4.78, 5) is 8.39. The van der Waals surface area contributed by atoms with Gasteiger partial charge in [0.1, 0.15) is 5.75 Å². The molecule has 3 rings (SSSR count). The molecule has 0 unspecified atom stereocenters. The van der Waals surface area contributed by atoms with Crippen molar-refractivity contribution >= 4 is 15.9 Å². The van der Waals surface area contributed by atoms with E-state index in [1.54, 1.807) is 6.20 Å². The third kappa shape index (κ3) is 2.17. The minimum absolute atomic E-state index is 0.615. The highest BCUT2D eigenvalue weighted by molar-refractivity contribution is 9.10. The second-order valence-electron chi connectivity index (χ2n) is 3.99. The van der Waals surface area contributed by atoms with E-state index >= 15 is 0 Å². The van der Waals surface area contributed by atoms with Gasteiger partial charge in [-0.05, 0) is 58.6 Å². The summed E-state index contributed by atoms with van der Waals surface area (Å²) in [5, 5.41) is 0. The Kier molecular flexibility index (Phi) is 2.81. The topological polar surface area (TPSA) is 35.0 Å². The van der Waals surface area contributed by atoms with E-state index in [2.05, 4.69) is 32.0 Å². The van der Waals surface area contributed by atoms with Crippen molar-refractivity contribution in [1.29, 1.82) is 0 Å². The first kappa shape index (κ1) is 10.7. The molecule has 0 atom stereocenters. The van der Waals surface area contributed by atoms with E-state index < -0.39 is 0 Å². The van der Waals surface area contributed by atoms with E-state index in [0.717, 1.165) is 36.5 Å². The smallest absolute Gasteiger partial charge is 0.197 e. The van der Waals surface area contributed by atoms with Crippen molar-refractivity contribution in [3.63, 3.8) is 0 Å². The lowest BCUT2D eigenvalue weighted by Gasteiger charge is -2.17. The minimum atomic E-state index is 0.615. The maximum absolute atomic E-state index is 5.60. The molecule has 0 aliphatic carbocycles. The highest BCUT2D eigenvalue weighted by Gasteiger charge is 2.11. The SMILES string of the molecule is Brc1nccc(-c2ccc3c(c2)CCCO3)n1. The van der Waals surface area contributed by atoms with Gasteiger partial charge in [-0.2, -0.15) is 0 Å². The van der Waals surface area contributed by atoms with Gasteiger partial charge >= 0.3 is 0 Å². The molecule has 1 aliphatic rings. The zero-order valence-corrected chi connectivity index (χ0v) is 10.8. The number of benzene rings is 1. The molecule has 0 radical (unpaired) electrons. The van der Waals surface area contributed by atoms with Crippen molar-refractivity contribution in [2.24, 2.45) is 0 Å². The van der Waals surface area contributed by atoms with Crippen LogP contribution in [0.1, 0.15) is 12.0 Å². The third-order valence-electron chi connectivity index (χ3n) is 2.83. The summed E-state index contributed by atoms with van der Waals surface area (Å²) >= 11 is 3.29. The zero-order chi connectivity index (χ0) is 11.7. The number of fused-ring (bicyclic) bond motifs is 1. The molecule has 1 aromatic carbocycles. The van der Waals surface area contributed by atoms with E-state index in [9.17, 15) is 0 Å². The first-order valence-corrected chi connectivity index (χ1v) is 6.37. The normalized spacial score (nSPS) is 13.9. The van der Waals surface area contributed by atoms with Gasteiger partial charge < -0.3 is 4.74 Å². The van der Waals surface area contributed by atoms with Crippen molar-refractivity contribution in [3.8, 4) is 17.0 Å². The molecule has 0 bridgehead atoms. The summed E-state index contributed by atoms with van der Waals surface area (Å²) in [6.07, 6.45) is 3.92. The predicted octanol–water partition coefficient (Wildman–Crippen LogP) is 3.23. The van der Waals surface area contributed by atoms with E-state index in [0.29, 0.717) is 4.73 Å². The van der Waals surface area contributed by atoms with Crippen LogP contribution in [0.4, 0.5) is 0 Å². The Hall–Kier alpha value is -1.42. The van der Waals surface area contributed by atoms with Crippen molar-refractivity contribution in [2.75, 3.05) is 6.61 Å². The lowest BCUT2D eigenvalue weighted by Crippen LogP contribution is -2.08. The fourth-order valence-electron chi connectivity index (χ4n) is 2.02. The molecule has 3 nitrogen and oxygen atoms in total. The van der Waals surface area contributed by atoms with Crippen LogP contribution in [0.25, 0.3) is 11.3 Å². The van der Waals surface area contributed by atoms with Gasteiger partial charge in [-0.1, -0.05) is 0 Å². The van der Waals surface area contributed by atoms with E-state index in [4.69, 9.17) is 4.74 Å². The van der Waals surface area contributed by atoms with Gasteiger partial charge in [-0.3, -0.25) is 0 Å². The quantitative estimate of drug-likeness (QED) is 0.757. The highest BCUT2D eigenvalue weighted by atomic mass is 79.9. The summed E-state index contributed by atoms with van der Waals surface area (Å²) < 4.78 is 6.21. The summed E-state index contributed by atoms with van der Waals surface area (Å²) in [5.74, 6) is 1.01. The summed E-state index contributed by atoms with van der Waals surface area (Å²) in [5.41, 5.74) is 3.31. The van der Waals surface area contributed by atoms with Gasteiger partial charge in [0.15, 0.2) is 4.73 Å². The molecule has 0 amide bonds. The van der Waals surface area contributed by atoms with Crippen molar-refractivity contribution in [3.05, 3.63) is 40.8 Å². The van der Waals surface area contributed by atoms with Crippen molar-refractivity contribution in [1.82, 2.24) is 9.97 Å². The van der Waals surface area contributed by atoms with Crippen molar-refractivity contribution in [2.45, 2.75) is 12.8 Å². The van der Waals surface area contributed by atoms with E-state index in [1.807, 2.05) is 18.2 Å². The fourth-order valence-corrected chi connectivity index (χ4v) is 2.32. The molecule has 0 saturated carbocycles. The zero-order valence-electron chi connectivity index (χ0n) is 9.19. The summed E-state index contributed by atoms with van der Waals surface area (Å²) in [6, 6.07) is 8.14. The third-order valence-corrected chi connectivity index (χ3v) is 3.21. The minimum Gasteiger partial charge on any atom is -0.493 e. The first-order valence-electron chi connectivity index (χ1n) is 5.57. The Bertz CT molecular complexity index is 557. The van der Waals surface area contributed by atoms with Crippen LogP contribution >= 0.6 is 15.9 Å². The molecule has 0 spiro atoms. The molecule has 1 aromatic heterocycles. The highest BCUT2D eigenvalue weighted by Crippen LogP contribution is 2.29. The van der Waals surface area contributed by atoms with E-state index in [-0.39, 0.29) is 0 Å². The van der Waals surface area contributed by atoms with Crippen LogP contribution in [0.15, 0.2) is 35.2 Å². The van der Waals surface area contributed by atoms with Crippen LogP contribution in [-0.4, -0.2) is 16.6 Å². The molecule has 2 heterocycles. The molecule has 86 valence electrons. The summed E-state index contributed by atoms with van der Waals surface area (Å²) in [6.45, 7) is 0.825. The van der Waals surface area contributed by atoms with Crippen LogP contribution in [0.3, 0.4) is 0 Å². The average molecular weight is 291 g/mol. The molecule has 17 heavy (non-hydrogen) atoms. The molecule has 4 heteroatoms. The van der Waals surface area contributed by atoms with Crippen LogP contribution in [-0.2, 0) is 6.42 Å². The Morgan fingerprint density at radius 2 is 2.18 bits per heavy atom. The molecule has 2 aromatic rings. The number of ether oxygens (including phenoxy) is 1.